The number of benzene rings is 2. The van der Waals surface area contributed by atoms with Gasteiger partial charge in [0.1, 0.15) is 5.82 Å². The van der Waals surface area contributed by atoms with Crippen molar-refractivity contribution in [2.75, 3.05) is 6.54 Å². The van der Waals surface area contributed by atoms with Gasteiger partial charge in [-0.15, -0.1) is 0 Å². The van der Waals surface area contributed by atoms with E-state index in [1.807, 2.05) is 50.3 Å². The van der Waals surface area contributed by atoms with Gasteiger partial charge in [0, 0.05) is 34.7 Å². The molecule has 1 fully saturated rings. The predicted molar refractivity (Wildman–Crippen MR) is 113 cm³/mol. The second-order valence-electron chi connectivity index (χ2n) is 7.80. The molecule has 0 bridgehead atoms. The number of carbonyl (C=O) groups excluding carboxylic acids is 1. The number of H-pyrrole nitrogens is 1. The zero-order valence-corrected chi connectivity index (χ0v) is 16.5. The van der Waals surface area contributed by atoms with Crippen LogP contribution in [0.25, 0.3) is 22.0 Å². The molecule has 1 aliphatic rings. The summed E-state index contributed by atoms with van der Waals surface area (Å²) in [5.74, 6) is -0.329. The quantitative estimate of drug-likeness (QED) is 0.644. The topological polar surface area (TPSA) is 62.0 Å². The number of aromatic amines is 1. The first-order chi connectivity index (χ1) is 13.9. The van der Waals surface area contributed by atoms with Crippen LogP contribution in [0.1, 0.15) is 31.7 Å². The molecule has 0 radical (unpaired) electrons. The van der Waals surface area contributed by atoms with Crippen LogP contribution < -0.4 is 10.9 Å². The Kier molecular flexibility index (Phi) is 5.05. The van der Waals surface area contributed by atoms with Gasteiger partial charge < -0.3 is 10.3 Å². The molecule has 0 spiro atoms. The third-order valence-electron chi connectivity index (χ3n) is 5.51. The van der Waals surface area contributed by atoms with Gasteiger partial charge in [0.2, 0.25) is 5.91 Å². The first-order valence-electron chi connectivity index (χ1n) is 9.85. The molecule has 5 heteroatoms. The number of pyridine rings is 1. The summed E-state index contributed by atoms with van der Waals surface area (Å²) in [5, 5.41) is 4.14. The molecular weight excluding hydrogens is 367 g/mol. The van der Waals surface area contributed by atoms with Crippen molar-refractivity contribution in [3.63, 3.8) is 0 Å². The summed E-state index contributed by atoms with van der Waals surface area (Å²) in [4.78, 5) is 27.8. The lowest BCUT2D eigenvalue weighted by molar-refractivity contribution is -0.116. The number of nitrogens with one attached hydrogen (secondary N) is 2. The van der Waals surface area contributed by atoms with Gasteiger partial charge in [-0.3, -0.25) is 9.59 Å². The highest BCUT2D eigenvalue weighted by molar-refractivity contribution is 5.95. The molecular formula is C24H23FN2O2. The van der Waals surface area contributed by atoms with Crippen LogP contribution >= 0.6 is 0 Å². The Bertz CT molecular complexity index is 1180. The van der Waals surface area contributed by atoms with Gasteiger partial charge in [0.25, 0.3) is 5.56 Å². The molecule has 148 valence electrons. The normalized spacial score (nSPS) is 16.6. The highest BCUT2D eigenvalue weighted by Gasteiger charge is 2.22. The molecule has 1 aliphatic heterocycles. The summed E-state index contributed by atoms with van der Waals surface area (Å²) in [7, 11) is 0. The van der Waals surface area contributed by atoms with E-state index in [9.17, 15) is 14.0 Å². The number of hydrogen-bond donors (Lipinski definition) is 2. The molecule has 1 aromatic heterocycles. The minimum atomic E-state index is -0.287. The third-order valence-corrected chi connectivity index (χ3v) is 5.51. The highest BCUT2D eigenvalue weighted by Crippen LogP contribution is 2.29. The highest BCUT2D eigenvalue weighted by atomic mass is 19.1. The summed E-state index contributed by atoms with van der Waals surface area (Å²) >= 11 is 0. The molecule has 2 N–H and O–H groups in total. The van der Waals surface area contributed by atoms with E-state index in [0.717, 1.165) is 16.5 Å². The van der Waals surface area contributed by atoms with E-state index in [1.165, 1.54) is 6.07 Å². The van der Waals surface area contributed by atoms with Crippen molar-refractivity contribution in [1.29, 1.82) is 0 Å². The molecule has 0 saturated carbocycles. The van der Waals surface area contributed by atoms with E-state index in [1.54, 1.807) is 12.1 Å². The van der Waals surface area contributed by atoms with Gasteiger partial charge >= 0.3 is 0 Å². The van der Waals surface area contributed by atoms with Crippen molar-refractivity contribution in [1.82, 2.24) is 10.3 Å². The van der Waals surface area contributed by atoms with E-state index in [2.05, 4.69) is 10.3 Å². The Morgan fingerprint density at radius 1 is 1.07 bits per heavy atom. The smallest absolute Gasteiger partial charge is 0.252 e. The van der Waals surface area contributed by atoms with Crippen LogP contribution in [0.3, 0.4) is 0 Å². The number of hydrogen-bond acceptors (Lipinski definition) is 2. The minimum Gasteiger partial charge on any atom is -0.352 e. The maximum Gasteiger partial charge on any atom is 0.252 e. The van der Waals surface area contributed by atoms with Crippen molar-refractivity contribution in [2.45, 2.75) is 26.2 Å². The van der Waals surface area contributed by atoms with Crippen molar-refractivity contribution in [2.24, 2.45) is 5.92 Å². The zero-order chi connectivity index (χ0) is 20.5. The van der Waals surface area contributed by atoms with Crippen LogP contribution in [0.2, 0.25) is 0 Å². The van der Waals surface area contributed by atoms with Crippen LogP contribution in [0.5, 0.6) is 0 Å². The second kappa shape index (κ2) is 7.66. The van der Waals surface area contributed by atoms with E-state index >= 15 is 0 Å². The molecule has 1 amide bonds. The fourth-order valence-corrected chi connectivity index (χ4v) is 3.87. The molecule has 2 heterocycles. The Morgan fingerprint density at radius 2 is 1.90 bits per heavy atom. The first kappa shape index (κ1) is 19.1. The van der Waals surface area contributed by atoms with Crippen molar-refractivity contribution < 1.29 is 9.18 Å². The number of amides is 1. The summed E-state index contributed by atoms with van der Waals surface area (Å²) in [6, 6.07) is 14.1. The fraction of sp³-hybridized carbons (Fsp3) is 0.250. The number of fused-ring (bicyclic) bond motifs is 1. The van der Waals surface area contributed by atoms with E-state index in [-0.39, 0.29) is 29.1 Å². The Hall–Kier alpha value is -3.21. The van der Waals surface area contributed by atoms with Gasteiger partial charge in [0.15, 0.2) is 0 Å². The lowest BCUT2D eigenvalue weighted by Gasteiger charge is -2.18. The van der Waals surface area contributed by atoms with Crippen LogP contribution in [-0.4, -0.2) is 17.4 Å². The average Bonchev–Trinajstić information content (AvgIpc) is 3.11. The molecule has 3 aromatic rings. The van der Waals surface area contributed by atoms with Crippen molar-refractivity contribution >= 4 is 16.7 Å². The average molecular weight is 390 g/mol. The van der Waals surface area contributed by atoms with Gasteiger partial charge in [-0.05, 0) is 41.5 Å². The predicted octanol–water partition coefficient (Wildman–Crippen LogP) is 4.52. The number of aromatic nitrogens is 1. The van der Waals surface area contributed by atoms with E-state index in [4.69, 9.17) is 0 Å². The maximum atomic E-state index is 14.1. The largest absolute Gasteiger partial charge is 0.352 e. The van der Waals surface area contributed by atoms with E-state index in [0.29, 0.717) is 29.6 Å². The molecule has 4 nitrogen and oxygen atoms in total. The van der Waals surface area contributed by atoms with Crippen molar-refractivity contribution in [3.05, 3.63) is 81.9 Å². The maximum absolute atomic E-state index is 14.1. The number of halogens is 1. The van der Waals surface area contributed by atoms with Crippen LogP contribution in [0, 0.1) is 11.7 Å². The molecule has 4 rings (SSSR count). The minimum absolute atomic E-state index is 0.0538. The third kappa shape index (κ3) is 3.73. The Morgan fingerprint density at radius 3 is 2.59 bits per heavy atom. The van der Waals surface area contributed by atoms with Crippen molar-refractivity contribution in [3.8, 4) is 11.3 Å². The summed E-state index contributed by atoms with van der Waals surface area (Å²) in [6.45, 7) is 4.71. The summed E-state index contributed by atoms with van der Waals surface area (Å²) in [5.41, 5.74) is 2.56. The second-order valence-corrected chi connectivity index (χ2v) is 7.80. The molecule has 1 atom stereocenters. The standard InChI is InChI=1S/C24H23FN2O2/c1-14(2)19(13-17-10-11-26-23(17)28)18-8-9-22(27-24(18)29)16-7-6-15-4-3-5-21(25)20(15)12-16/h3-9,12-14,19H,10-11H2,1-2H3,(H,26,28)(H,27,29)/b17-13+. The number of rotatable bonds is 4. The summed E-state index contributed by atoms with van der Waals surface area (Å²) < 4.78 is 14.1. The Labute approximate surface area is 168 Å². The fourth-order valence-electron chi connectivity index (χ4n) is 3.87. The van der Waals surface area contributed by atoms with Crippen LogP contribution in [0.4, 0.5) is 4.39 Å². The summed E-state index contributed by atoms with van der Waals surface area (Å²) in [6.07, 6.45) is 2.60. The monoisotopic (exact) mass is 390 g/mol. The molecule has 0 aliphatic carbocycles. The van der Waals surface area contributed by atoms with Gasteiger partial charge in [0.05, 0.1) is 0 Å². The van der Waals surface area contributed by atoms with E-state index < -0.39 is 0 Å². The van der Waals surface area contributed by atoms with Gasteiger partial charge in [-0.1, -0.05) is 50.3 Å². The lowest BCUT2D eigenvalue weighted by atomic mass is 9.87. The van der Waals surface area contributed by atoms with Gasteiger partial charge in [-0.25, -0.2) is 4.39 Å². The number of carbonyl (C=O) groups is 1. The molecule has 1 saturated heterocycles. The SMILES string of the molecule is CC(C)C(/C=C1\CCNC1=O)c1ccc(-c2ccc3cccc(F)c3c2)[nH]c1=O. The first-order valence-corrected chi connectivity index (χ1v) is 9.85. The molecule has 29 heavy (non-hydrogen) atoms. The van der Waals surface area contributed by atoms with Crippen LogP contribution in [0.15, 0.2) is 65.0 Å². The van der Waals surface area contributed by atoms with Crippen LogP contribution in [-0.2, 0) is 4.79 Å². The van der Waals surface area contributed by atoms with Gasteiger partial charge in [-0.2, -0.15) is 0 Å². The zero-order valence-electron chi connectivity index (χ0n) is 16.5. The lowest BCUT2D eigenvalue weighted by Crippen LogP contribution is -2.20. The molecule has 2 aromatic carbocycles. The molecule has 1 unspecified atom stereocenters. The number of allylic oxidation sites excluding steroid dienone is 1. The Balaban J connectivity index is 1.73.